The lowest BCUT2D eigenvalue weighted by Crippen LogP contribution is -2.30. The summed E-state index contributed by atoms with van der Waals surface area (Å²) < 4.78 is 6.06. The number of anilines is 1. The third-order valence-corrected chi connectivity index (χ3v) is 4.13. The Labute approximate surface area is 135 Å². The van der Waals surface area contributed by atoms with Crippen LogP contribution in [-0.4, -0.2) is 23.1 Å². The van der Waals surface area contributed by atoms with E-state index in [0.717, 1.165) is 35.7 Å². The smallest absolute Gasteiger partial charge is 0.263 e. The molecular formula is C19H19N3O. The summed E-state index contributed by atoms with van der Waals surface area (Å²) >= 11 is 0. The van der Waals surface area contributed by atoms with Gasteiger partial charge < -0.3 is 9.64 Å². The molecule has 2 heterocycles. The number of benzene rings is 2. The minimum absolute atomic E-state index is 0.594. The van der Waals surface area contributed by atoms with Gasteiger partial charge in [0.2, 0.25) is 0 Å². The van der Waals surface area contributed by atoms with E-state index in [-0.39, 0.29) is 0 Å². The first kappa shape index (κ1) is 14.0. The number of aromatic nitrogens is 2. The Bertz CT molecular complexity index is 798. The van der Waals surface area contributed by atoms with Gasteiger partial charge >= 0.3 is 0 Å². The zero-order chi connectivity index (χ0) is 15.5. The molecule has 0 N–H and O–H groups in total. The molecular weight excluding hydrogens is 286 g/mol. The van der Waals surface area contributed by atoms with E-state index < -0.39 is 0 Å². The molecule has 0 atom stereocenters. The second kappa shape index (κ2) is 6.24. The van der Waals surface area contributed by atoms with Gasteiger partial charge in [0.05, 0.1) is 11.0 Å². The fraction of sp³-hybridized carbons (Fsp3) is 0.263. The Morgan fingerprint density at radius 1 is 0.739 bits per heavy atom. The van der Waals surface area contributed by atoms with Crippen LogP contribution in [0.4, 0.5) is 5.82 Å². The van der Waals surface area contributed by atoms with Crippen LogP contribution in [0.2, 0.25) is 0 Å². The van der Waals surface area contributed by atoms with Crippen LogP contribution >= 0.6 is 0 Å². The quantitative estimate of drug-likeness (QED) is 0.718. The molecule has 0 radical (unpaired) electrons. The van der Waals surface area contributed by atoms with Gasteiger partial charge in [0.1, 0.15) is 5.75 Å². The van der Waals surface area contributed by atoms with Crippen molar-refractivity contribution in [3.05, 3.63) is 54.6 Å². The molecule has 23 heavy (non-hydrogen) atoms. The van der Waals surface area contributed by atoms with Crippen molar-refractivity contribution in [1.82, 2.24) is 9.97 Å². The molecule has 1 aliphatic rings. The van der Waals surface area contributed by atoms with Gasteiger partial charge in [-0.15, -0.1) is 0 Å². The van der Waals surface area contributed by atoms with E-state index in [4.69, 9.17) is 14.7 Å². The van der Waals surface area contributed by atoms with Crippen LogP contribution in [0.3, 0.4) is 0 Å². The molecule has 1 fully saturated rings. The van der Waals surface area contributed by atoms with E-state index in [2.05, 4.69) is 4.90 Å². The van der Waals surface area contributed by atoms with E-state index in [1.165, 1.54) is 19.3 Å². The van der Waals surface area contributed by atoms with Crippen molar-refractivity contribution in [2.24, 2.45) is 0 Å². The van der Waals surface area contributed by atoms with E-state index in [1.54, 1.807) is 0 Å². The van der Waals surface area contributed by atoms with Crippen molar-refractivity contribution in [1.29, 1.82) is 0 Å². The standard InChI is InChI=1S/C19H19N3O/c1-3-9-15(10-4-1)23-19-18(22-13-7-2-8-14-22)20-16-11-5-6-12-17(16)21-19/h1,3-6,9-12H,2,7-8,13-14H2. The highest BCUT2D eigenvalue weighted by Gasteiger charge is 2.19. The van der Waals surface area contributed by atoms with Gasteiger partial charge in [-0.2, -0.15) is 0 Å². The fourth-order valence-electron chi connectivity index (χ4n) is 2.95. The molecule has 1 saturated heterocycles. The minimum atomic E-state index is 0.594. The number of ether oxygens (including phenoxy) is 1. The maximum atomic E-state index is 6.06. The highest BCUT2D eigenvalue weighted by Crippen LogP contribution is 2.32. The van der Waals surface area contributed by atoms with Gasteiger partial charge in [-0.3, -0.25) is 0 Å². The van der Waals surface area contributed by atoms with E-state index >= 15 is 0 Å². The number of nitrogens with zero attached hydrogens (tertiary/aromatic N) is 3. The first-order chi connectivity index (χ1) is 11.4. The van der Waals surface area contributed by atoms with Crippen LogP contribution in [0.5, 0.6) is 11.6 Å². The van der Waals surface area contributed by atoms with Gasteiger partial charge in [0, 0.05) is 13.1 Å². The van der Waals surface area contributed by atoms with Crippen LogP contribution < -0.4 is 9.64 Å². The molecule has 0 unspecified atom stereocenters. The van der Waals surface area contributed by atoms with Crippen molar-refractivity contribution in [2.75, 3.05) is 18.0 Å². The highest BCUT2D eigenvalue weighted by molar-refractivity contribution is 5.77. The molecule has 0 aliphatic carbocycles. The third kappa shape index (κ3) is 2.97. The number of fused-ring (bicyclic) bond motifs is 1. The summed E-state index contributed by atoms with van der Waals surface area (Å²) in [5.74, 6) is 2.24. The lowest BCUT2D eigenvalue weighted by atomic mass is 10.1. The second-order valence-corrected chi connectivity index (χ2v) is 5.80. The molecule has 3 aromatic rings. The summed E-state index contributed by atoms with van der Waals surface area (Å²) in [6.07, 6.45) is 3.67. The number of hydrogen-bond donors (Lipinski definition) is 0. The van der Waals surface area contributed by atoms with Crippen molar-refractivity contribution in [3.8, 4) is 11.6 Å². The van der Waals surface area contributed by atoms with Gasteiger partial charge in [-0.25, -0.2) is 9.97 Å². The third-order valence-electron chi connectivity index (χ3n) is 4.13. The first-order valence-corrected chi connectivity index (χ1v) is 8.15. The summed E-state index contributed by atoms with van der Waals surface area (Å²) in [6, 6.07) is 17.7. The van der Waals surface area contributed by atoms with Crippen LogP contribution in [-0.2, 0) is 0 Å². The Hall–Kier alpha value is -2.62. The van der Waals surface area contributed by atoms with Crippen molar-refractivity contribution < 1.29 is 4.74 Å². The van der Waals surface area contributed by atoms with E-state index in [9.17, 15) is 0 Å². The Balaban J connectivity index is 1.78. The average molecular weight is 305 g/mol. The summed E-state index contributed by atoms with van der Waals surface area (Å²) in [5.41, 5.74) is 1.77. The Morgan fingerprint density at radius 3 is 2.13 bits per heavy atom. The Kier molecular flexibility index (Phi) is 3.80. The molecule has 4 nitrogen and oxygen atoms in total. The minimum Gasteiger partial charge on any atom is -0.436 e. The molecule has 0 amide bonds. The summed E-state index contributed by atoms with van der Waals surface area (Å²) in [6.45, 7) is 2.02. The van der Waals surface area contributed by atoms with E-state index in [0.29, 0.717) is 5.88 Å². The van der Waals surface area contributed by atoms with Gasteiger partial charge in [0.15, 0.2) is 5.82 Å². The highest BCUT2D eigenvalue weighted by atomic mass is 16.5. The molecule has 0 bridgehead atoms. The van der Waals surface area contributed by atoms with Crippen LogP contribution in [0.1, 0.15) is 19.3 Å². The molecule has 0 saturated carbocycles. The molecule has 2 aromatic carbocycles. The normalized spacial score (nSPS) is 14.9. The van der Waals surface area contributed by atoms with Gasteiger partial charge in [-0.05, 0) is 43.5 Å². The molecule has 1 aromatic heterocycles. The zero-order valence-electron chi connectivity index (χ0n) is 13.0. The van der Waals surface area contributed by atoms with Gasteiger partial charge in [-0.1, -0.05) is 30.3 Å². The Morgan fingerprint density at radius 2 is 1.39 bits per heavy atom. The zero-order valence-corrected chi connectivity index (χ0v) is 13.0. The predicted molar refractivity (Wildman–Crippen MR) is 92.1 cm³/mol. The topological polar surface area (TPSA) is 38.3 Å². The molecule has 4 heteroatoms. The van der Waals surface area contributed by atoms with Crippen molar-refractivity contribution in [3.63, 3.8) is 0 Å². The molecule has 1 aliphatic heterocycles. The second-order valence-electron chi connectivity index (χ2n) is 5.80. The van der Waals surface area contributed by atoms with Crippen LogP contribution in [0.15, 0.2) is 54.6 Å². The summed E-state index contributed by atoms with van der Waals surface area (Å²) in [7, 11) is 0. The average Bonchev–Trinajstić information content (AvgIpc) is 2.63. The van der Waals surface area contributed by atoms with Crippen LogP contribution in [0, 0.1) is 0 Å². The summed E-state index contributed by atoms with van der Waals surface area (Å²) in [5, 5.41) is 0. The van der Waals surface area contributed by atoms with Crippen molar-refractivity contribution >= 4 is 16.9 Å². The number of piperidine rings is 1. The maximum Gasteiger partial charge on any atom is 0.263 e. The van der Waals surface area contributed by atoms with Gasteiger partial charge in [0.25, 0.3) is 5.88 Å². The first-order valence-electron chi connectivity index (χ1n) is 8.15. The maximum absolute atomic E-state index is 6.06. The number of para-hydroxylation sites is 3. The number of hydrogen-bond acceptors (Lipinski definition) is 4. The summed E-state index contributed by atoms with van der Waals surface area (Å²) in [4.78, 5) is 11.8. The lowest BCUT2D eigenvalue weighted by Gasteiger charge is -2.28. The molecule has 0 spiro atoms. The lowest BCUT2D eigenvalue weighted by molar-refractivity contribution is 0.457. The number of rotatable bonds is 3. The molecule has 116 valence electrons. The largest absolute Gasteiger partial charge is 0.436 e. The van der Waals surface area contributed by atoms with Crippen molar-refractivity contribution in [2.45, 2.75) is 19.3 Å². The fourth-order valence-corrected chi connectivity index (χ4v) is 2.95. The molecule has 4 rings (SSSR count). The predicted octanol–water partition coefficient (Wildman–Crippen LogP) is 4.41. The SMILES string of the molecule is c1ccc(Oc2nc3ccccc3nc2N2CCCCC2)cc1. The van der Waals surface area contributed by atoms with Crippen LogP contribution in [0.25, 0.3) is 11.0 Å². The van der Waals surface area contributed by atoms with E-state index in [1.807, 2.05) is 54.6 Å². The monoisotopic (exact) mass is 305 g/mol.